The van der Waals surface area contributed by atoms with Crippen LogP contribution >= 0.6 is 11.9 Å². The van der Waals surface area contributed by atoms with Gasteiger partial charge in [-0.25, -0.2) is 0 Å². The van der Waals surface area contributed by atoms with E-state index in [0.717, 1.165) is 13.1 Å². The summed E-state index contributed by atoms with van der Waals surface area (Å²) in [6.07, 6.45) is 0. The zero-order valence-corrected chi connectivity index (χ0v) is 11.6. The first-order valence-corrected chi connectivity index (χ1v) is 6.69. The highest BCUT2D eigenvalue weighted by atomic mass is 32.2. The van der Waals surface area contributed by atoms with Crippen molar-refractivity contribution >= 4 is 29.8 Å². The molecule has 1 aromatic rings. The lowest BCUT2D eigenvalue weighted by atomic mass is 10.6. The predicted octanol–water partition coefficient (Wildman–Crippen LogP) is 2.20. The van der Waals surface area contributed by atoms with E-state index in [9.17, 15) is 0 Å². The molecule has 0 saturated carbocycles. The monoisotopic (exact) mass is 256 g/mol. The van der Waals surface area contributed by atoms with Gasteiger partial charge in [0, 0.05) is 18.3 Å². The molecule has 0 unspecified atom stereocenters. The second kappa shape index (κ2) is 7.16. The van der Waals surface area contributed by atoms with E-state index in [0.29, 0.717) is 23.1 Å². The molecule has 0 bridgehead atoms. The first kappa shape index (κ1) is 13.8. The minimum absolute atomic E-state index is 0.469. The second-order valence-electron chi connectivity index (χ2n) is 3.64. The maximum absolute atomic E-state index is 4.27. The number of nitrogens with one attached hydrogen (secondary N) is 3. The molecule has 7 heteroatoms. The minimum atomic E-state index is 0.469. The van der Waals surface area contributed by atoms with Gasteiger partial charge in [-0.15, -0.1) is 0 Å². The Morgan fingerprint density at radius 1 is 0.941 bits per heavy atom. The summed E-state index contributed by atoms with van der Waals surface area (Å²) in [6.45, 7) is 9.79. The van der Waals surface area contributed by atoms with Crippen molar-refractivity contribution in [2.75, 3.05) is 28.4 Å². The Labute approximate surface area is 107 Å². The first-order valence-electron chi connectivity index (χ1n) is 5.81. The molecule has 0 saturated heterocycles. The lowest BCUT2D eigenvalue weighted by Gasteiger charge is -2.10. The van der Waals surface area contributed by atoms with Crippen molar-refractivity contribution in [3.05, 3.63) is 0 Å². The van der Waals surface area contributed by atoms with Crippen LogP contribution in [0.5, 0.6) is 0 Å². The maximum Gasteiger partial charge on any atom is 0.239 e. The van der Waals surface area contributed by atoms with Gasteiger partial charge in [0.2, 0.25) is 17.8 Å². The molecule has 0 aliphatic heterocycles. The third-order valence-electron chi connectivity index (χ3n) is 1.69. The third-order valence-corrected chi connectivity index (χ3v) is 2.46. The number of hydrogen-bond donors (Lipinski definition) is 3. The molecule has 6 nitrogen and oxygen atoms in total. The van der Waals surface area contributed by atoms with E-state index in [1.54, 1.807) is 11.9 Å². The normalized spacial score (nSPS) is 10.4. The molecule has 1 rings (SSSR count). The van der Waals surface area contributed by atoms with Gasteiger partial charge in [0.1, 0.15) is 0 Å². The highest BCUT2D eigenvalue weighted by molar-refractivity contribution is 8.01. The summed E-state index contributed by atoms with van der Waals surface area (Å²) in [5.74, 6) is 1.75. The van der Waals surface area contributed by atoms with Gasteiger partial charge in [0.15, 0.2) is 0 Å². The van der Waals surface area contributed by atoms with Crippen molar-refractivity contribution in [3.63, 3.8) is 0 Å². The van der Waals surface area contributed by atoms with Crippen LogP contribution in [0.25, 0.3) is 0 Å². The molecule has 0 aliphatic rings. The van der Waals surface area contributed by atoms with Crippen LogP contribution in [0.3, 0.4) is 0 Å². The lowest BCUT2D eigenvalue weighted by molar-refractivity contribution is 1.01. The minimum Gasteiger partial charge on any atom is -0.354 e. The number of rotatable bonds is 7. The van der Waals surface area contributed by atoms with E-state index < -0.39 is 0 Å². The van der Waals surface area contributed by atoms with Crippen molar-refractivity contribution in [1.82, 2.24) is 15.0 Å². The van der Waals surface area contributed by atoms with Crippen LogP contribution in [-0.2, 0) is 0 Å². The van der Waals surface area contributed by atoms with Crippen LogP contribution in [0, 0.1) is 0 Å². The molecule has 0 radical (unpaired) electrons. The van der Waals surface area contributed by atoms with Gasteiger partial charge in [-0.3, -0.25) is 4.72 Å². The maximum atomic E-state index is 4.27. The summed E-state index contributed by atoms with van der Waals surface area (Å²) < 4.78 is 3.12. The Bertz CT molecular complexity index is 319. The molecule has 17 heavy (non-hydrogen) atoms. The molecule has 1 aromatic heterocycles. The van der Waals surface area contributed by atoms with Crippen LogP contribution < -0.4 is 15.4 Å². The Balaban J connectivity index is 2.79. The molecule has 0 aliphatic carbocycles. The van der Waals surface area contributed by atoms with E-state index >= 15 is 0 Å². The van der Waals surface area contributed by atoms with Gasteiger partial charge in [-0.05, 0) is 25.8 Å². The van der Waals surface area contributed by atoms with Gasteiger partial charge in [-0.2, -0.15) is 15.0 Å². The van der Waals surface area contributed by atoms with Gasteiger partial charge < -0.3 is 10.6 Å². The Kier molecular flexibility index (Phi) is 5.82. The van der Waals surface area contributed by atoms with Crippen LogP contribution in [-0.4, -0.2) is 33.3 Å². The molecule has 3 N–H and O–H groups in total. The summed E-state index contributed by atoms with van der Waals surface area (Å²) in [6, 6.07) is 0. The number of hydrogen-bond acceptors (Lipinski definition) is 7. The zero-order valence-electron chi connectivity index (χ0n) is 10.7. The standard InChI is InChI=1S/C10H20N6S/c1-5-11-8-13-9(12-6-2)15-10(14-8)16-17-7(3)4/h7H,5-6H2,1-4H3,(H3,11,12,13,14,15,16). The van der Waals surface area contributed by atoms with E-state index in [4.69, 9.17) is 0 Å². The molecule has 0 atom stereocenters. The van der Waals surface area contributed by atoms with Crippen molar-refractivity contribution in [1.29, 1.82) is 0 Å². The summed E-state index contributed by atoms with van der Waals surface area (Å²) in [4.78, 5) is 12.8. The van der Waals surface area contributed by atoms with Crippen LogP contribution in [0.15, 0.2) is 0 Å². The quantitative estimate of drug-likeness (QED) is 0.646. The Morgan fingerprint density at radius 2 is 1.41 bits per heavy atom. The number of nitrogens with zero attached hydrogens (tertiary/aromatic N) is 3. The van der Waals surface area contributed by atoms with Gasteiger partial charge in [0.25, 0.3) is 0 Å². The highest BCUT2D eigenvalue weighted by Gasteiger charge is 2.05. The van der Waals surface area contributed by atoms with Crippen LogP contribution in [0.1, 0.15) is 27.7 Å². The van der Waals surface area contributed by atoms with Crippen LogP contribution in [0.4, 0.5) is 17.8 Å². The third kappa shape index (κ3) is 5.08. The van der Waals surface area contributed by atoms with E-state index in [1.165, 1.54) is 0 Å². The lowest BCUT2D eigenvalue weighted by Crippen LogP contribution is -2.10. The smallest absolute Gasteiger partial charge is 0.239 e. The molecule has 0 spiro atoms. The summed E-state index contributed by atoms with van der Waals surface area (Å²) in [5.41, 5.74) is 0. The molecular weight excluding hydrogens is 236 g/mol. The fraction of sp³-hybridized carbons (Fsp3) is 0.700. The first-order chi connectivity index (χ1) is 8.15. The average Bonchev–Trinajstić information content (AvgIpc) is 2.27. The van der Waals surface area contributed by atoms with Gasteiger partial charge in [0.05, 0.1) is 0 Å². The van der Waals surface area contributed by atoms with E-state index in [2.05, 4.69) is 44.2 Å². The summed E-state index contributed by atoms with van der Waals surface area (Å²) >= 11 is 1.58. The number of anilines is 3. The molecule has 0 amide bonds. The molecule has 96 valence electrons. The topological polar surface area (TPSA) is 74.8 Å². The van der Waals surface area contributed by atoms with Crippen molar-refractivity contribution < 1.29 is 0 Å². The van der Waals surface area contributed by atoms with E-state index in [1.807, 2.05) is 13.8 Å². The fourth-order valence-corrected chi connectivity index (χ4v) is 1.50. The molecule has 0 fully saturated rings. The van der Waals surface area contributed by atoms with Gasteiger partial charge >= 0.3 is 0 Å². The Hall–Kier alpha value is -1.24. The van der Waals surface area contributed by atoms with Crippen molar-refractivity contribution in [2.45, 2.75) is 32.9 Å². The number of aromatic nitrogens is 3. The molecule has 1 heterocycles. The zero-order chi connectivity index (χ0) is 12.7. The van der Waals surface area contributed by atoms with Crippen molar-refractivity contribution in [3.8, 4) is 0 Å². The fourth-order valence-electron chi connectivity index (χ4n) is 1.07. The van der Waals surface area contributed by atoms with E-state index in [-0.39, 0.29) is 0 Å². The average molecular weight is 256 g/mol. The Morgan fingerprint density at radius 3 is 1.82 bits per heavy atom. The molecule has 0 aromatic carbocycles. The SMILES string of the molecule is CCNc1nc(NCC)nc(NSC(C)C)n1. The van der Waals surface area contributed by atoms with Gasteiger partial charge in [-0.1, -0.05) is 13.8 Å². The largest absolute Gasteiger partial charge is 0.354 e. The summed E-state index contributed by atoms with van der Waals surface area (Å²) in [5, 5.41) is 6.64. The van der Waals surface area contributed by atoms with Crippen LogP contribution in [0.2, 0.25) is 0 Å². The predicted molar refractivity (Wildman–Crippen MR) is 74.5 cm³/mol. The van der Waals surface area contributed by atoms with Crippen molar-refractivity contribution in [2.24, 2.45) is 0 Å². The molecular formula is C10H20N6S. The second-order valence-corrected chi connectivity index (χ2v) is 5.02. The summed E-state index contributed by atoms with van der Waals surface area (Å²) in [7, 11) is 0. The highest BCUT2D eigenvalue weighted by Crippen LogP contribution is 2.15.